The lowest BCUT2D eigenvalue weighted by Gasteiger charge is -2.26. The summed E-state index contributed by atoms with van der Waals surface area (Å²) in [4.78, 5) is 23.3. The summed E-state index contributed by atoms with van der Waals surface area (Å²) in [5.74, 6) is 0.344. The second kappa shape index (κ2) is 7.31. The van der Waals surface area contributed by atoms with Gasteiger partial charge >= 0.3 is 0 Å². The molecule has 1 fully saturated rings. The van der Waals surface area contributed by atoms with Crippen molar-refractivity contribution in [2.45, 2.75) is 38.3 Å². The van der Waals surface area contributed by atoms with Crippen molar-refractivity contribution >= 4 is 23.4 Å². The number of hydrogen-bond donors (Lipinski definition) is 2. The van der Waals surface area contributed by atoms with E-state index in [1.165, 1.54) is 0 Å². The van der Waals surface area contributed by atoms with E-state index < -0.39 is 6.10 Å². The molecule has 21 heavy (non-hydrogen) atoms. The molecule has 2 atom stereocenters. The van der Waals surface area contributed by atoms with Crippen molar-refractivity contribution in [3.63, 3.8) is 0 Å². The first-order chi connectivity index (χ1) is 10.1. The van der Waals surface area contributed by atoms with Gasteiger partial charge in [0, 0.05) is 19.0 Å². The number of piperidine rings is 1. The van der Waals surface area contributed by atoms with Crippen LogP contribution in [0.5, 0.6) is 5.75 Å². The van der Waals surface area contributed by atoms with Gasteiger partial charge in [0.15, 0.2) is 6.10 Å². The summed E-state index contributed by atoms with van der Waals surface area (Å²) in [6, 6.07) is 7.03. The predicted octanol–water partition coefficient (Wildman–Crippen LogP) is 1.89. The van der Waals surface area contributed by atoms with Crippen LogP contribution in [-0.2, 0) is 9.59 Å². The van der Waals surface area contributed by atoms with Crippen LogP contribution in [0.2, 0.25) is 5.02 Å². The largest absolute Gasteiger partial charge is 0.479 e. The van der Waals surface area contributed by atoms with Crippen molar-refractivity contribution in [3.05, 3.63) is 29.3 Å². The number of rotatable bonds is 5. The quantitative estimate of drug-likeness (QED) is 0.873. The van der Waals surface area contributed by atoms with Crippen LogP contribution in [0.4, 0.5) is 0 Å². The minimum atomic E-state index is -0.595. The summed E-state index contributed by atoms with van der Waals surface area (Å²) in [5, 5.41) is 6.13. The molecule has 1 aromatic carbocycles. The van der Waals surface area contributed by atoms with E-state index in [1.54, 1.807) is 18.2 Å². The van der Waals surface area contributed by atoms with Crippen LogP contribution in [0.25, 0.3) is 0 Å². The first-order valence-electron chi connectivity index (χ1n) is 7.08. The van der Waals surface area contributed by atoms with Gasteiger partial charge in [-0.2, -0.15) is 0 Å². The van der Waals surface area contributed by atoms with E-state index in [-0.39, 0.29) is 17.9 Å². The van der Waals surface area contributed by atoms with Crippen molar-refractivity contribution in [3.8, 4) is 5.75 Å². The van der Waals surface area contributed by atoms with Crippen LogP contribution < -0.4 is 15.4 Å². The molecule has 1 aromatic rings. The van der Waals surface area contributed by atoms with Gasteiger partial charge in [0.25, 0.3) is 5.91 Å². The Bertz CT molecular complexity index is 511. The number of carbonyl (C=O) groups excluding carboxylic acids is 2. The van der Waals surface area contributed by atoms with E-state index >= 15 is 0 Å². The Kier molecular flexibility index (Phi) is 5.44. The number of nitrogens with one attached hydrogen (secondary N) is 2. The molecular formula is C15H19ClN2O3. The second-order valence-electron chi connectivity index (χ2n) is 4.99. The van der Waals surface area contributed by atoms with Crippen molar-refractivity contribution in [1.82, 2.24) is 10.6 Å². The average Bonchev–Trinajstić information content (AvgIpc) is 2.48. The Balaban J connectivity index is 1.92. The normalized spacial score (nSPS) is 19.5. The lowest BCUT2D eigenvalue weighted by atomic mass is 10.1. The Labute approximate surface area is 129 Å². The van der Waals surface area contributed by atoms with E-state index in [4.69, 9.17) is 16.3 Å². The molecule has 6 heteroatoms. The van der Waals surface area contributed by atoms with Gasteiger partial charge in [-0.05, 0) is 25.0 Å². The molecule has 114 valence electrons. The van der Waals surface area contributed by atoms with Gasteiger partial charge in [-0.25, -0.2) is 0 Å². The fourth-order valence-corrected chi connectivity index (χ4v) is 2.35. The lowest BCUT2D eigenvalue weighted by Crippen LogP contribution is -2.51. The fraction of sp³-hybridized carbons (Fsp3) is 0.467. The molecule has 0 bridgehead atoms. The number of carbonyl (C=O) groups is 2. The number of hydrogen-bond acceptors (Lipinski definition) is 3. The second-order valence-corrected chi connectivity index (χ2v) is 5.40. The Morgan fingerprint density at radius 1 is 1.52 bits per heavy atom. The number of ether oxygens (including phenoxy) is 1. The molecule has 2 amide bonds. The number of halogens is 1. The van der Waals surface area contributed by atoms with Crippen LogP contribution >= 0.6 is 11.6 Å². The van der Waals surface area contributed by atoms with Crippen molar-refractivity contribution in [2.24, 2.45) is 0 Å². The molecule has 0 spiro atoms. The van der Waals surface area contributed by atoms with Crippen LogP contribution in [0.15, 0.2) is 24.3 Å². The predicted molar refractivity (Wildman–Crippen MR) is 80.3 cm³/mol. The SMILES string of the molecule is CC[C@@H](Oc1ccccc1Cl)C(=O)N[C@H]1CCC(=O)NC1. The zero-order valence-electron chi connectivity index (χ0n) is 11.9. The topological polar surface area (TPSA) is 67.4 Å². The van der Waals surface area contributed by atoms with Crippen LogP contribution in [0.1, 0.15) is 26.2 Å². The number of benzene rings is 1. The summed E-state index contributed by atoms with van der Waals surface area (Å²) in [7, 11) is 0. The highest BCUT2D eigenvalue weighted by atomic mass is 35.5. The molecule has 0 saturated carbocycles. The van der Waals surface area contributed by atoms with Gasteiger partial charge in [0.05, 0.1) is 5.02 Å². The summed E-state index contributed by atoms with van der Waals surface area (Å²) in [5.41, 5.74) is 0. The fourth-order valence-electron chi connectivity index (χ4n) is 2.17. The average molecular weight is 311 g/mol. The molecule has 2 rings (SSSR count). The summed E-state index contributed by atoms with van der Waals surface area (Å²) in [6.45, 7) is 2.34. The molecule has 1 aliphatic heterocycles. The Hall–Kier alpha value is -1.75. The zero-order valence-corrected chi connectivity index (χ0v) is 12.7. The van der Waals surface area contributed by atoms with E-state index in [0.717, 1.165) is 0 Å². The Morgan fingerprint density at radius 3 is 2.90 bits per heavy atom. The third-order valence-electron chi connectivity index (χ3n) is 3.38. The van der Waals surface area contributed by atoms with E-state index in [9.17, 15) is 9.59 Å². The van der Waals surface area contributed by atoms with Gasteiger partial charge in [0.1, 0.15) is 5.75 Å². The molecule has 1 saturated heterocycles. The van der Waals surface area contributed by atoms with E-state index in [0.29, 0.717) is 36.6 Å². The minimum absolute atomic E-state index is 0.0276. The monoisotopic (exact) mass is 310 g/mol. The van der Waals surface area contributed by atoms with Gasteiger partial charge in [0.2, 0.25) is 5.91 Å². The van der Waals surface area contributed by atoms with Crippen LogP contribution in [0.3, 0.4) is 0 Å². The molecule has 5 nitrogen and oxygen atoms in total. The van der Waals surface area contributed by atoms with E-state index in [1.807, 2.05) is 13.0 Å². The molecule has 1 heterocycles. The standard InChI is InChI=1S/C15H19ClN2O3/c1-2-12(21-13-6-4-3-5-11(13)16)15(20)18-10-7-8-14(19)17-9-10/h3-6,10,12H,2,7-9H2,1H3,(H,17,19)(H,18,20)/t10-,12+/m0/s1. The highest BCUT2D eigenvalue weighted by Gasteiger charge is 2.25. The molecule has 0 radical (unpaired) electrons. The van der Waals surface area contributed by atoms with Gasteiger partial charge in [-0.15, -0.1) is 0 Å². The highest BCUT2D eigenvalue weighted by molar-refractivity contribution is 6.32. The highest BCUT2D eigenvalue weighted by Crippen LogP contribution is 2.24. The van der Waals surface area contributed by atoms with Crippen LogP contribution in [0, 0.1) is 0 Å². The number of amides is 2. The van der Waals surface area contributed by atoms with Crippen molar-refractivity contribution in [2.75, 3.05) is 6.54 Å². The van der Waals surface area contributed by atoms with Crippen LogP contribution in [-0.4, -0.2) is 30.5 Å². The first kappa shape index (κ1) is 15.6. The molecular weight excluding hydrogens is 292 g/mol. The molecule has 1 aliphatic rings. The Morgan fingerprint density at radius 2 is 2.29 bits per heavy atom. The van der Waals surface area contributed by atoms with Crippen molar-refractivity contribution in [1.29, 1.82) is 0 Å². The molecule has 0 aromatic heterocycles. The van der Waals surface area contributed by atoms with E-state index in [2.05, 4.69) is 10.6 Å². The zero-order chi connectivity index (χ0) is 15.2. The minimum Gasteiger partial charge on any atom is -0.479 e. The molecule has 0 aliphatic carbocycles. The summed E-state index contributed by atoms with van der Waals surface area (Å²) in [6.07, 6.45) is 1.03. The maximum absolute atomic E-state index is 12.2. The smallest absolute Gasteiger partial charge is 0.261 e. The van der Waals surface area contributed by atoms with Gasteiger partial charge in [-0.3, -0.25) is 9.59 Å². The summed E-state index contributed by atoms with van der Waals surface area (Å²) < 4.78 is 5.69. The summed E-state index contributed by atoms with van der Waals surface area (Å²) >= 11 is 6.03. The maximum atomic E-state index is 12.2. The molecule has 0 unspecified atom stereocenters. The number of para-hydroxylation sites is 1. The third kappa shape index (κ3) is 4.36. The van der Waals surface area contributed by atoms with Crippen molar-refractivity contribution < 1.29 is 14.3 Å². The molecule has 2 N–H and O–H groups in total. The van der Waals surface area contributed by atoms with Gasteiger partial charge in [-0.1, -0.05) is 30.7 Å². The van der Waals surface area contributed by atoms with Gasteiger partial charge < -0.3 is 15.4 Å². The maximum Gasteiger partial charge on any atom is 0.261 e. The lowest BCUT2D eigenvalue weighted by molar-refractivity contribution is -0.130. The third-order valence-corrected chi connectivity index (χ3v) is 3.69. The first-order valence-corrected chi connectivity index (χ1v) is 7.46.